The van der Waals surface area contributed by atoms with Crippen LogP contribution in [0.1, 0.15) is 36.8 Å². The molecule has 11 nitrogen and oxygen atoms in total. The number of carbonyl (C=O) groups is 4. The summed E-state index contributed by atoms with van der Waals surface area (Å²) in [6.45, 7) is 4.25. The predicted molar refractivity (Wildman–Crippen MR) is 129 cm³/mol. The van der Waals surface area contributed by atoms with Gasteiger partial charge in [-0.2, -0.15) is 0 Å². The monoisotopic (exact) mass is 514 g/mol. The molecule has 0 radical (unpaired) electrons. The highest BCUT2D eigenvalue weighted by Crippen LogP contribution is 2.25. The Hall–Kier alpha value is -4.15. The standard InChI is InChI=1S/C26H30N2O9/c1-14(2)24(31)37-22-15(3)36-26(33)18(27-23(30)21-19(29)10-11-20(28-21)34-4)13-35-25(32)17(22)12-16-8-6-5-7-9-16/h5-11,14-15,17-18,22,29H,12-13H2,1-4H3,(H,27,30)/t15-,17+,18?,22-/m0/s1. The van der Waals surface area contributed by atoms with Gasteiger partial charge in [-0.3, -0.25) is 14.4 Å². The van der Waals surface area contributed by atoms with Crippen LogP contribution in [0.4, 0.5) is 0 Å². The first-order chi connectivity index (χ1) is 17.6. The molecule has 1 aromatic carbocycles. The van der Waals surface area contributed by atoms with Crippen LogP contribution in [0.2, 0.25) is 0 Å². The summed E-state index contributed by atoms with van der Waals surface area (Å²) >= 11 is 0. The third-order valence-corrected chi connectivity index (χ3v) is 5.74. The highest BCUT2D eigenvalue weighted by Gasteiger charge is 2.42. The van der Waals surface area contributed by atoms with Gasteiger partial charge in [-0.05, 0) is 25.0 Å². The number of amides is 1. The fourth-order valence-corrected chi connectivity index (χ4v) is 3.69. The van der Waals surface area contributed by atoms with Crippen LogP contribution in [-0.2, 0) is 35.0 Å². The van der Waals surface area contributed by atoms with Crippen molar-refractivity contribution in [2.45, 2.75) is 45.4 Å². The summed E-state index contributed by atoms with van der Waals surface area (Å²) in [5.41, 5.74) is 0.398. The molecule has 2 aromatic rings. The van der Waals surface area contributed by atoms with Gasteiger partial charge >= 0.3 is 17.9 Å². The van der Waals surface area contributed by atoms with Gasteiger partial charge in [-0.15, -0.1) is 0 Å². The number of hydrogen-bond donors (Lipinski definition) is 2. The van der Waals surface area contributed by atoms with Crippen LogP contribution in [0.5, 0.6) is 11.6 Å². The first kappa shape index (κ1) is 27.4. The lowest BCUT2D eigenvalue weighted by atomic mass is 9.91. The number of carbonyl (C=O) groups excluding carboxylic acids is 4. The van der Waals surface area contributed by atoms with E-state index in [-0.39, 0.29) is 12.3 Å². The molecule has 2 N–H and O–H groups in total. The van der Waals surface area contributed by atoms with Gasteiger partial charge in [0, 0.05) is 6.07 Å². The number of aromatic nitrogens is 1. The van der Waals surface area contributed by atoms with E-state index in [2.05, 4.69) is 10.3 Å². The van der Waals surface area contributed by atoms with Crippen LogP contribution < -0.4 is 10.1 Å². The van der Waals surface area contributed by atoms with Crippen molar-refractivity contribution in [3.8, 4) is 11.6 Å². The molecule has 1 aliphatic rings. The van der Waals surface area contributed by atoms with Gasteiger partial charge in [-0.1, -0.05) is 44.2 Å². The quantitative estimate of drug-likeness (QED) is 0.414. The van der Waals surface area contributed by atoms with Crippen molar-refractivity contribution in [3.05, 3.63) is 53.7 Å². The molecule has 2 heterocycles. The van der Waals surface area contributed by atoms with Crippen molar-refractivity contribution >= 4 is 23.8 Å². The van der Waals surface area contributed by atoms with Gasteiger partial charge < -0.3 is 29.4 Å². The topological polar surface area (TPSA) is 150 Å². The Morgan fingerprint density at radius 2 is 1.84 bits per heavy atom. The fourth-order valence-electron chi connectivity index (χ4n) is 3.69. The zero-order chi connectivity index (χ0) is 27.1. The summed E-state index contributed by atoms with van der Waals surface area (Å²) in [4.78, 5) is 55.3. The lowest BCUT2D eigenvalue weighted by molar-refractivity contribution is -0.176. The van der Waals surface area contributed by atoms with Crippen molar-refractivity contribution in [1.82, 2.24) is 10.3 Å². The minimum absolute atomic E-state index is 0.0682. The minimum Gasteiger partial charge on any atom is -0.505 e. The van der Waals surface area contributed by atoms with Gasteiger partial charge in [-0.25, -0.2) is 9.78 Å². The van der Waals surface area contributed by atoms with Crippen molar-refractivity contribution in [2.24, 2.45) is 11.8 Å². The summed E-state index contributed by atoms with van der Waals surface area (Å²) in [5, 5.41) is 12.4. The fraction of sp³-hybridized carbons (Fsp3) is 0.423. The Labute approximate surface area is 214 Å². The second kappa shape index (κ2) is 12.2. The maximum absolute atomic E-state index is 13.2. The highest BCUT2D eigenvalue weighted by molar-refractivity contribution is 5.97. The minimum atomic E-state index is -1.41. The maximum Gasteiger partial charge on any atom is 0.332 e. The van der Waals surface area contributed by atoms with Crippen LogP contribution in [0.3, 0.4) is 0 Å². The van der Waals surface area contributed by atoms with E-state index in [0.717, 1.165) is 5.56 Å². The van der Waals surface area contributed by atoms with Crippen LogP contribution in [0, 0.1) is 11.8 Å². The van der Waals surface area contributed by atoms with Crippen LogP contribution in [0.15, 0.2) is 42.5 Å². The summed E-state index contributed by atoms with van der Waals surface area (Å²) in [7, 11) is 1.34. The molecule has 1 fully saturated rings. The predicted octanol–water partition coefficient (Wildman–Crippen LogP) is 1.81. The molecule has 11 heteroatoms. The number of hydrogen-bond acceptors (Lipinski definition) is 10. The zero-order valence-corrected chi connectivity index (χ0v) is 21.0. The number of pyridine rings is 1. The third kappa shape index (κ3) is 6.96. The maximum atomic E-state index is 13.2. The molecule has 3 rings (SSSR count). The second-order valence-electron chi connectivity index (χ2n) is 8.87. The molecule has 0 aliphatic carbocycles. The van der Waals surface area contributed by atoms with E-state index in [1.165, 1.54) is 26.2 Å². The van der Waals surface area contributed by atoms with E-state index >= 15 is 0 Å². The molecule has 1 amide bonds. The van der Waals surface area contributed by atoms with Crippen LogP contribution in [0.25, 0.3) is 0 Å². The van der Waals surface area contributed by atoms with E-state index in [0.29, 0.717) is 0 Å². The van der Waals surface area contributed by atoms with E-state index in [9.17, 15) is 24.3 Å². The van der Waals surface area contributed by atoms with Gasteiger partial charge in [0.2, 0.25) is 5.88 Å². The number of cyclic esters (lactones) is 2. The lowest BCUT2D eigenvalue weighted by Gasteiger charge is -2.29. The molecule has 198 valence electrons. The molecule has 1 aromatic heterocycles. The lowest BCUT2D eigenvalue weighted by Crippen LogP contribution is -2.47. The Morgan fingerprint density at radius 3 is 2.49 bits per heavy atom. The second-order valence-corrected chi connectivity index (χ2v) is 8.87. The molecule has 0 saturated carbocycles. The molecule has 0 bridgehead atoms. The summed E-state index contributed by atoms with van der Waals surface area (Å²) in [6, 6.07) is 10.2. The number of ether oxygens (including phenoxy) is 4. The van der Waals surface area contributed by atoms with Gasteiger partial charge in [0.05, 0.1) is 13.0 Å². The van der Waals surface area contributed by atoms with Crippen molar-refractivity contribution in [1.29, 1.82) is 0 Å². The normalized spacial score (nSPS) is 22.1. The van der Waals surface area contributed by atoms with Gasteiger partial charge in [0.25, 0.3) is 5.91 Å². The molecule has 1 aliphatic heterocycles. The Balaban J connectivity index is 1.87. The summed E-state index contributed by atoms with van der Waals surface area (Å²) in [5.74, 6) is -4.96. The summed E-state index contributed by atoms with van der Waals surface area (Å²) in [6.07, 6.45) is -2.02. The molecule has 37 heavy (non-hydrogen) atoms. The number of nitrogens with one attached hydrogen (secondary N) is 1. The van der Waals surface area contributed by atoms with E-state index in [1.807, 2.05) is 30.3 Å². The average molecular weight is 515 g/mol. The number of methoxy groups -OCH3 is 1. The van der Waals surface area contributed by atoms with Crippen molar-refractivity contribution in [2.75, 3.05) is 13.7 Å². The van der Waals surface area contributed by atoms with E-state index in [1.54, 1.807) is 13.8 Å². The highest BCUT2D eigenvalue weighted by atomic mass is 16.6. The van der Waals surface area contributed by atoms with Crippen molar-refractivity contribution < 1.29 is 43.2 Å². The first-order valence-corrected chi connectivity index (χ1v) is 11.8. The first-order valence-electron chi connectivity index (χ1n) is 11.8. The van der Waals surface area contributed by atoms with Gasteiger partial charge in [0.1, 0.15) is 24.4 Å². The Bertz CT molecular complexity index is 1140. The Kier molecular flexibility index (Phi) is 9.05. The van der Waals surface area contributed by atoms with Gasteiger partial charge in [0.15, 0.2) is 17.8 Å². The van der Waals surface area contributed by atoms with Crippen LogP contribution >= 0.6 is 0 Å². The van der Waals surface area contributed by atoms with E-state index in [4.69, 9.17) is 18.9 Å². The molecular formula is C26H30N2O9. The number of aromatic hydroxyl groups is 1. The average Bonchev–Trinajstić information content (AvgIpc) is 2.91. The number of esters is 3. The summed E-state index contributed by atoms with van der Waals surface area (Å²) < 4.78 is 21.5. The smallest absolute Gasteiger partial charge is 0.332 e. The molecule has 1 saturated heterocycles. The Morgan fingerprint density at radius 1 is 1.14 bits per heavy atom. The molecule has 4 atom stereocenters. The SMILES string of the molecule is COc1ccc(O)c(C(=O)NC2COC(=O)[C@H](Cc3ccccc3)[C@@H](OC(=O)C(C)C)[C@H](C)OC2=O)n1. The van der Waals surface area contributed by atoms with Crippen molar-refractivity contribution in [3.63, 3.8) is 0 Å². The number of rotatable bonds is 7. The number of nitrogens with zero attached hydrogens (tertiary/aromatic N) is 1. The number of benzene rings is 1. The molecular weight excluding hydrogens is 484 g/mol. The molecule has 0 spiro atoms. The van der Waals surface area contributed by atoms with Crippen LogP contribution in [-0.4, -0.2) is 65.9 Å². The van der Waals surface area contributed by atoms with E-state index < -0.39 is 72.0 Å². The largest absolute Gasteiger partial charge is 0.505 e. The third-order valence-electron chi connectivity index (χ3n) is 5.74. The zero-order valence-electron chi connectivity index (χ0n) is 21.0. The molecule has 1 unspecified atom stereocenters.